The second-order valence-corrected chi connectivity index (χ2v) is 4.85. The Bertz CT molecular complexity index is 288. The van der Waals surface area contributed by atoms with E-state index in [0.29, 0.717) is 5.57 Å². The molecular weight excluding hydrogens is 200 g/mol. The molecule has 0 N–H and O–H groups in total. The van der Waals surface area contributed by atoms with Gasteiger partial charge in [-0.25, -0.2) is 0 Å². The van der Waals surface area contributed by atoms with E-state index in [1.807, 2.05) is 6.07 Å². The van der Waals surface area contributed by atoms with E-state index in [-0.39, 0.29) is 5.12 Å². The Morgan fingerprint density at radius 3 is 3.00 bits per heavy atom. The third kappa shape index (κ3) is 3.79. The van der Waals surface area contributed by atoms with Crippen molar-refractivity contribution in [2.75, 3.05) is 5.75 Å². The van der Waals surface area contributed by atoms with Crippen LogP contribution in [-0.4, -0.2) is 10.9 Å². The first-order chi connectivity index (χ1) is 6.20. The molecule has 13 heavy (non-hydrogen) atoms. The summed E-state index contributed by atoms with van der Waals surface area (Å²) in [6.07, 6.45) is 0.974. The lowest BCUT2D eigenvalue weighted by Gasteiger charge is -1.97. The van der Waals surface area contributed by atoms with Gasteiger partial charge in [0.2, 0.25) is 5.12 Å². The van der Waals surface area contributed by atoms with Gasteiger partial charge in [-0.15, -0.1) is 11.3 Å². The van der Waals surface area contributed by atoms with Gasteiger partial charge in [0.15, 0.2) is 0 Å². The molecule has 1 nitrogen and oxygen atoms in total. The summed E-state index contributed by atoms with van der Waals surface area (Å²) in [6, 6.07) is 4.13. The standard InChI is InChI=1S/C10H12OS2/c1-8(2)10(11)13-7-5-9-4-3-6-12-9/h3-4,6H,1,5,7H2,2H3. The Morgan fingerprint density at radius 2 is 2.46 bits per heavy atom. The lowest BCUT2D eigenvalue weighted by molar-refractivity contribution is -0.107. The molecule has 0 saturated carbocycles. The quantitative estimate of drug-likeness (QED) is 0.713. The molecule has 70 valence electrons. The predicted molar refractivity (Wildman–Crippen MR) is 60.3 cm³/mol. The topological polar surface area (TPSA) is 17.1 Å². The third-order valence-corrected chi connectivity index (χ3v) is 3.47. The lowest BCUT2D eigenvalue weighted by Crippen LogP contribution is -1.95. The normalized spacial score (nSPS) is 9.92. The van der Waals surface area contributed by atoms with Crippen molar-refractivity contribution in [1.29, 1.82) is 0 Å². The highest BCUT2D eigenvalue weighted by Gasteiger charge is 2.02. The van der Waals surface area contributed by atoms with Gasteiger partial charge in [-0.1, -0.05) is 24.4 Å². The number of carbonyl (C=O) groups excluding carboxylic acids is 1. The fraction of sp³-hybridized carbons (Fsp3) is 0.300. The number of rotatable bonds is 4. The maximum Gasteiger partial charge on any atom is 0.214 e. The molecule has 1 aromatic rings. The van der Waals surface area contributed by atoms with E-state index in [9.17, 15) is 4.79 Å². The van der Waals surface area contributed by atoms with E-state index in [1.54, 1.807) is 18.3 Å². The van der Waals surface area contributed by atoms with Gasteiger partial charge in [-0.2, -0.15) is 0 Å². The van der Waals surface area contributed by atoms with Crippen molar-refractivity contribution in [2.45, 2.75) is 13.3 Å². The van der Waals surface area contributed by atoms with Crippen molar-refractivity contribution in [1.82, 2.24) is 0 Å². The van der Waals surface area contributed by atoms with Crippen molar-refractivity contribution in [2.24, 2.45) is 0 Å². The van der Waals surface area contributed by atoms with Gasteiger partial charge >= 0.3 is 0 Å². The van der Waals surface area contributed by atoms with Crippen molar-refractivity contribution in [3.8, 4) is 0 Å². The van der Waals surface area contributed by atoms with Crippen LogP contribution in [0.25, 0.3) is 0 Å². The zero-order valence-electron chi connectivity index (χ0n) is 7.58. The maximum absolute atomic E-state index is 11.1. The molecule has 0 fully saturated rings. The van der Waals surface area contributed by atoms with Crippen LogP contribution in [-0.2, 0) is 11.2 Å². The van der Waals surface area contributed by atoms with Crippen LogP contribution in [0.3, 0.4) is 0 Å². The Balaban J connectivity index is 2.22. The highest BCUT2D eigenvalue weighted by molar-refractivity contribution is 8.14. The Labute approximate surface area is 86.9 Å². The fourth-order valence-corrected chi connectivity index (χ4v) is 2.41. The molecule has 3 heteroatoms. The summed E-state index contributed by atoms with van der Waals surface area (Å²) in [7, 11) is 0. The summed E-state index contributed by atoms with van der Waals surface area (Å²) in [5.74, 6) is 0.853. The largest absolute Gasteiger partial charge is 0.282 e. The molecule has 1 aromatic heterocycles. The second kappa shape index (κ2) is 5.25. The molecule has 0 unspecified atom stereocenters. The average Bonchev–Trinajstić information content (AvgIpc) is 2.56. The van der Waals surface area contributed by atoms with Crippen LogP contribution in [0, 0.1) is 0 Å². The minimum Gasteiger partial charge on any atom is -0.282 e. The molecular formula is C10H12OS2. The minimum atomic E-state index is 0.108. The molecule has 1 heterocycles. The van der Waals surface area contributed by atoms with Crippen LogP contribution in [0.15, 0.2) is 29.7 Å². The molecule has 0 spiro atoms. The van der Waals surface area contributed by atoms with Gasteiger partial charge < -0.3 is 0 Å². The SMILES string of the molecule is C=C(C)C(=O)SCCc1cccs1. The van der Waals surface area contributed by atoms with Crippen LogP contribution in [0.1, 0.15) is 11.8 Å². The lowest BCUT2D eigenvalue weighted by atomic mass is 10.4. The molecule has 0 aliphatic heterocycles. The zero-order valence-corrected chi connectivity index (χ0v) is 9.21. The molecule has 0 aliphatic rings. The maximum atomic E-state index is 11.1. The van der Waals surface area contributed by atoms with Crippen LogP contribution in [0.2, 0.25) is 0 Å². The van der Waals surface area contributed by atoms with E-state index in [4.69, 9.17) is 0 Å². The van der Waals surface area contributed by atoms with Crippen molar-refractivity contribution >= 4 is 28.2 Å². The van der Waals surface area contributed by atoms with E-state index in [0.717, 1.165) is 12.2 Å². The number of hydrogen-bond acceptors (Lipinski definition) is 3. The highest BCUT2D eigenvalue weighted by atomic mass is 32.2. The van der Waals surface area contributed by atoms with E-state index in [2.05, 4.69) is 18.0 Å². The van der Waals surface area contributed by atoms with E-state index < -0.39 is 0 Å². The molecule has 0 radical (unpaired) electrons. The monoisotopic (exact) mass is 212 g/mol. The molecule has 0 amide bonds. The van der Waals surface area contributed by atoms with Crippen molar-refractivity contribution < 1.29 is 4.79 Å². The minimum absolute atomic E-state index is 0.108. The summed E-state index contributed by atoms with van der Waals surface area (Å²) < 4.78 is 0. The number of hydrogen-bond donors (Lipinski definition) is 0. The Hall–Kier alpha value is -0.540. The summed E-state index contributed by atoms with van der Waals surface area (Å²) in [6.45, 7) is 5.35. The molecule has 0 aliphatic carbocycles. The number of thiophene rings is 1. The molecule has 0 atom stereocenters. The third-order valence-electron chi connectivity index (χ3n) is 1.51. The fourth-order valence-electron chi connectivity index (χ4n) is 0.822. The Kier molecular flexibility index (Phi) is 4.25. The van der Waals surface area contributed by atoms with Gasteiger partial charge in [0.1, 0.15) is 0 Å². The highest BCUT2D eigenvalue weighted by Crippen LogP contribution is 2.14. The molecule has 0 aromatic carbocycles. The molecule has 0 saturated heterocycles. The first kappa shape index (κ1) is 10.5. The second-order valence-electron chi connectivity index (χ2n) is 2.75. The predicted octanol–water partition coefficient (Wildman–Crippen LogP) is 3.13. The summed E-state index contributed by atoms with van der Waals surface area (Å²) in [5.41, 5.74) is 0.635. The van der Waals surface area contributed by atoms with Crippen molar-refractivity contribution in [3.63, 3.8) is 0 Å². The van der Waals surface area contributed by atoms with Crippen LogP contribution < -0.4 is 0 Å². The van der Waals surface area contributed by atoms with Crippen LogP contribution in [0.5, 0.6) is 0 Å². The number of carbonyl (C=O) groups is 1. The molecule has 0 bridgehead atoms. The Morgan fingerprint density at radius 1 is 1.69 bits per heavy atom. The van der Waals surface area contributed by atoms with Gasteiger partial charge in [-0.05, 0) is 30.4 Å². The van der Waals surface area contributed by atoms with Crippen LogP contribution in [0.4, 0.5) is 0 Å². The summed E-state index contributed by atoms with van der Waals surface area (Å²) in [5, 5.41) is 2.16. The van der Waals surface area contributed by atoms with Crippen molar-refractivity contribution in [3.05, 3.63) is 34.5 Å². The summed E-state index contributed by atoms with van der Waals surface area (Å²) >= 11 is 3.09. The zero-order chi connectivity index (χ0) is 9.68. The smallest absolute Gasteiger partial charge is 0.214 e. The number of aryl methyl sites for hydroxylation is 1. The van der Waals surface area contributed by atoms with Gasteiger partial charge in [0, 0.05) is 10.6 Å². The van der Waals surface area contributed by atoms with Gasteiger partial charge in [-0.3, -0.25) is 4.79 Å². The van der Waals surface area contributed by atoms with Crippen LogP contribution >= 0.6 is 23.1 Å². The average molecular weight is 212 g/mol. The van der Waals surface area contributed by atoms with Gasteiger partial charge in [0.25, 0.3) is 0 Å². The van der Waals surface area contributed by atoms with E-state index in [1.165, 1.54) is 16.6 Å². The van der Waals surface area contributed by atoms with E-state index >= 15 is 0 Å². The first-order valence-electron chi connectivity index (χ1n) is 4.05. The summed E-state index contributed by atoms with van der Waals surface area (Å²) in [4.78, 5) is 12.5. The molecule has 1 rings (SSSR count). The first-order valence-corrected chi connectivity index (χ1v) is 5.91. The van der Waals surface area contributed by atoms with Gasteiger partial charge in [0.05, 0.1) is 0 Å². The number of thioether (sulfide) groups is 1.